The summed E-state index contributed by atoms with van der Waals surface area (Å²) in [5.74, 6) is -1.97. The van der Waals surface area contributed by atoms with Gasteiger partial charge in [-0.05, 0) is 18.6 Å². The van der Waals surface area contributed by atoms with Gasteiger partial charge in [0.05, 0.1) is 0 Å². The van der Waals surface area contributed by atoms with E-state index in [1.807, 2.05) is 12.2 Å². The average Bonchev–Trinajstić information content (AvgIpc) is 2.89. The summed E-state index contributed by atoms with van der Waals surface area (Å²) in [6, 6.07) is 2.99. The van der Waals surface area contributed by atoms with Crippen molar-refractivity contribution in [2.24, 2.45) is 0 Å². The second-order valence-corrected chi connectivity index (χ2v) is 6.34. The zero-order valence-electron chi connectivity index (χ0n) is 15.7. The Hall–Kier alpha value is -3.63. The monoisotopic (exact) mass is 404 g/mol. The van der Waals surface area contributed by atoms with Gasteiger partial charge in [0, 0.05) is 18.3 Å². The van der Waals surface area contributed by atoms with Gasteiger partial charge in [0.15, 0.2) is 11.5 Å². The summed E-state index contributed by atoms with van der Waals surface area (Å²) in [4.78, 5) is 61.4. The number of ether oxygens (including phenoxy) is 2. The van der Waals surface area contributed by atoms with Crippen LogP contribution in [0.3, 0.4) is 0 Å². The van der Waals surface area contributed by atoms with E-state index in [-0.39, 0.29) is 6.54 Å². The Bertz CT molecular complexity index is 870. The van der Waals surface area contributed by atoms with E-state index in [4.69, 9.17) is 9.47 Å². The van der Waals surface area contributed by atoms with Gasteiger partial charge >= 0.3 is 23.9 Å². The molecule has 29 heavy (non-hydrogen) atoms. The number of anilines is 1. The molecule has 1 aromatic carbocycles. The van der Waals surface area contributed by atoms with Crippen molar-refractivity contribution in [3.63, 3.8) is 0 Å². The molecule has 0 saturated carbocycles. The Kier molecular flexibility index (Phi) is 5.96. The predicted molar refractivity (Wildman–Crippen MR) is 98.3 cm³/mol. The van der Waals surface area contributed by atoms with Gasteiger partial charge in [-0.3, -0.25) is 24.6 Å². The molecule has 0 aromatic heterocycles. The standard InChI is InChI=1S/C18H20N4O7/c1-2-3-6-21-15(24)16(25)22(18(21)27)10-14(23)20-17(26)19-11-4-5-12-13(9-11)29-8-7-28-12/h4-5,9H,2-3,6-8,10H2,1H3,(H2,19,20,23,26). The number of benzene rings is 1. The van der Waals surface area contributed by atoms with Crippen LogP contribution in [0, 0.1) is 0 Å². The number of imide groups is 3. The normalized spacial score (nSPS) is 15.6. The van der Waals surface area contributed by atoms with Gasteiger partial charge in [0.2, 0.25) is 5.91 Å². The summed E-state index contributed by atoms with van der Waals surface area (Å²) in [6.45, 7) is 2.05. The van der Waals surface area contributed by atoms with Crippen LogP contribution in [0.1, 0.15) is 19.8 Å². The molecule has 1 fully saturated rings. The van der Waals surface area contributed by atoms with Crippen molar-refractivity contribution < 1.29 is 33.4 Å². The molecule has 11 nitrogen and oxygen atoms in total. The number of nitrogens with zero attached hydrogens (tertiary/aromatic N) is 2. The number of hydrogen-bond acceptors (Lipinski definition) is 7. The van der Waals surface area contributed by atoms with Gasteiger partial charge in [0.25, 0.3) is 0 Å². The Morgan fingerprint density at radius 1 is 1.03 bits per heavy atom. The van der Waals surface area contributed by atoms with Gasteiger partial charge in [-0.1, -0.05) is 13.3 Å². The van der Waals surface area contributed by atoms with E-state index in [0.29, 0.717) is 41.7 Å². The van der Waals surface area contributed by atoms with E-state index < -0.39 is 36.3 Å². The molecule has 2 aliphatic rings. The molecule has 154 valence electrons. The minimum Gasteiger partial charge on any atom is -0.486 e. The summed E-state index contributed by atoms with van der Waals surface area (Å²) in [5.41, 5.74) is 0.355. The number of unbranched alkanes of at least 4 members (excludes halogenated alkanes) is 1. The lowest BCUT2D eigenvalue weighted by Gasteiger charge is -2.19. The number of nitrogens with one attached hydrogen (secondary N) is 2. The lowest BCUT2D eigenvalue weighted by Crippen LogP contribution is -2.44. The maximum Gasteiger partial charge on any atom is 0.334 e. The Morgan fingerprint density at radius 3 is 2.45 bits per heavy atom. The number of carbonyl (C=O) groups is 5. The van der Waals surface area contributed by atoms with Crippen molar-refractivity contribution in [2.75, 3.05) is 31.6 Å². The number of urea groups is 2. The van der Waals surface area contributed by atoms with Gasteiger partial charge in [-0.2, -0.15) is 0 Å². The van der Waals surface area contributed by atoms with E-state index in [1.54, 1.807) is 12.1 Å². The molecule has 1 aromatic rings. The number of rotatable bonds is 6. The Morgan fingerprint density at radius 2 is 1.72 bits per heavy atom. The largest absolute Gasteiger partial charge is 0.486 e. The van der Waals surface area contributed by atoms with Crippen molar-refractivity contribution in [3.05, 3.63) is 18.2 Å². The summed E-state index contributed by atoms with van der Waals surface area (Å²) >= 11 is 0. The van der Waals surface area contributed by atoms with Crippen molar-refractivity contribution in [1.82, 2.24) is 15.1 Å². The van der Waals surface area contributed by atoms with Crippen LogP contribution in [0.2, 0.25) is 0 Å². The topological polar surface area (TPSA) is 134 Å². The molecular formula is C18H20N4O7. The van der Waals surface area contributed by atoms with Crippen LogP contribution in [-0.4, -0.2) is 65.9 Å². The minimum atomic E-state index is -1.09. The number of fused-ring (bicyclic) bond motifs is 1. The highest BCUT2D eigenvalue weighted by molar-refractivity contribution is 6.45. The van der Waals surface area contributed by atoms with Gasteiger partial charge in [-0.15, -0.1) is 0 Å². The first-order valence-electron chi connectivity index (χ1n) is 9.08. The summed E-state index contributed by atoms with van der Waals surface area (Å²) < 4.78 is 10.8. The van der Waals surface area contributed by atoms with E-state index in [9.17, 15) is 24.0 Å². The molecule has 0 unspecified atom stereocenters. The first kappa shape index (κ1) is 20.1. The third-order valence-corrected chi connectivity index (χ3v) is 4.23. The molecule has 3 rings (SSSR count). The molecule has 0 atom stereocenters. The van der Waals surface area contributed by atoms with E-state index >= 15 is 0 Å². The van der Waals surface area contributed by atoms with Crippen LogP contribution >= 0.6 is 0 Å². The number of amides is 7. The van der Waals surface area contributed by atoms with Crippen LogP contribution in [0.15, 0.2) is 18.2 Å². The maximum absolute atomic E-state index is 12.2. The molecular weight excluding hydrogens is 384 g/mol. The minimum absolute atomic E-state index is 0.0998. The maximum atomic E-state index is 12.2. The fourth-order valence-electron chi connectivity index (χ4n) is 2.80. The Balaban J connectivity index is 1.55. The lowest BCUT2D eigenvalue weighted by atomic mass is 10.2. The average molecular weight is 404 g/mol. The van der Waals surface area contributed by atoms with Gasteiger partial charge < -0.3 is 14.8 Å². The third kappa shape index (κ3) is 4.45. The van der Waals surface area contributed by atoms with E-state index in [2.05, 4.69) is 5.32 Å². The van der Waals surface area contributed by atoms with Gasteiger partial charge in [0.1, 0.15) is 19.8 Å². The highest BCUT2D eigenvalue weighted by Gasteiger charge is 2.44. The fraction of sp³-hybridized carbons (Fsp3) is 0.389. The Labute approximate surface area is 165 Å². The molecule has 0 radical (unpaired) electrons. The fourth-order valence-corrected chi connectivity index (χ4v) is 2.80. The molecule has 2 N–H and O–H groups in total. The SMILES string of the molecule is CCCCN1C(=O)C(=O)N(CC(=O)NC(=O)Nc2ccc3c(c2)OCCO3)C1=O. The number of carbonyl (C=O) groups excluding carboxylic acids is 5. The van der Waals surface area contributed by atoms with Crippen LogP contribution in [0.25, 0.3) is 0 Å². The highest BCUT2D eigenvalue weighted by Crippen LogP contribution is 2.32. The molecule has 7 amide bonds. The molecule has 0 aliphatic carbocycles. The quantitative estimate of drug-likeness (QED) is 0.526. The molecule has 0 spiro atoms. The first-order chi connectivity index (χ1) is 13.9. The third-order valence-electron chi connectivity index (χ3n) is 4.23. The van der Waals surface area contributed by atoms with Crippen LogP contribution < -0.4 is 20.1 Å². The zero-order valence-corrected chi connectivity index (χ0v) is 15.7. The highest BCUT2D eigenvalue weighted by atomic mass is 16.6. The van der Waals surface area contributed by atoms with Crippen LogP contribution in [0.4, 0.5) is 15.3 Å². The zero-order chi connectivity index (χ0) is 21.0. The second kappa shape index (κ2) is 8.59. The summed E-state index contributed by atoms with van der Waals surface area (Å²) in [7, 11) is 0. The van der Waals surface area contributed by atoms with Crippen molar-refractivity contribution in [3.8, 4) is 11.5 Å². The van der Waals surface area contributed by atoms with E-state index in [0.717, 1.165) is 11.3 Å². The van der Waals surface area contributed by atoms with Crippen molar-refractivity contribution in [1.29, 1.82) is 0 Å². The molecule has 2 heterocycles. The van der Waals surface area contributed by atoms with Crippen LogP contribution in [-0.2, 0) is 14.4 Å². The summed E-state index contributed by atoms with van der Waals surface area (Å²) in [5, 5.41) is 4.46. The molecule has 0 bridgehead atoms. The molecule has 1 saturated heterocycles. The second-order valence-electron chi connectivity index (χ2n) is 6.34. The van der Waals surface area contributed by atoms with Gasteiger partial charge in [-0.25, -0.2) is 14.5 Å². The molecule has 11 heteroatoms. The van der Waals surface area contributed by atoms with Crippen molar-refractivity contribution >= 4 is 35.5 Å². The smallest absolute Gasteiger partial charge is 0.334 e. The lowest BCUT2D eigenvalue weighted by molar-refractivity contribution is -0.143. The van der Waals surface area contributed by atoms with Crippen LogP contribution in [0.5, 0.6) is 11.5 Å². The van der Waals surface area contributed by atoms with Crippen molar-refractivity contribution in [2.45, 2.75) is 19.8 Å². The first-order valence-corrected chi connectivity index (χ1v) is 9.08. The summed E-state index contributed by atoms with van der Waals surface area (Å²) in [6.07, 6.45) is 1.27. The number of hydrogen-bond donors (Lipinski definition) is 2. The van der Waals surface area contributed by atoms with E-state index in [1.165, 1.54) is 6.07 Å². The predicted octanol–water partition coefficient (Wildman–Crippen LogP) is 0.697. The molecule has 2 aliphatic heterocycles.